The lowest BCUT2D eigenvalue weighted by Crippen LogP contribution is -2.70. The Morgan fingerprint density at radius 1 is 1.58 bits per heavy atom. The number of carbonyl (C=O) groups is 3. The normalized spacial score (nSPS) is 22.3. The highest BCUT2D eigenvalue weighted by molar-refractivity contribution is 8.00. The van der Waals surface area contributed by atoms with Gasteiger partial charge in [0.2, 0.25) is 0 Å². The van der Waals surface area contributed by atoms with Crippen molar-refractivity contribution in [3.63, 3.8) is 0 Å². The number of nitrogens with two attached hydrogens (primary N) is 1. The Morgan fingerprint density at radius 2 is 2.35 bits per heavy atom. The average molecular weight is 413 g/mol. The molecule has 8 nitrogen and oxygen atoms in total. The van der Waals surface area contributed by atoms with Crippen molar-refractivity contribution in [3.8, 4) is 0 Å². The van der Waals surface area contributed by atoms with Gasteiger partial charge >= 0.3 is 5.97 Å². The van der Waals surface area contributed by atoms with Crippen LogP contribution in [-0.4, -0.2) is 62.0 Å². The molecule has 2 amide bonds. The molecule has 0 radical (unpaired) electrons. The monoisotopic (exact) mass is 412 g/mol. The number of anilines is 1. The number of carboxylic acids is 1. The molecule has 26 heavy (non-hydrogen) atoms. The summed E-state index contributed by atoms with van der Waals surface area (Å²) < 4.78 is 0. The predicted octanol–water partition coefficient (Wildman–Crippen LogP) is 0.840. The van der Waals surface area contributed by atoms with E-state index in [2.05, 4.69) is 10.3 Å². The number of fused-ring (bicyclic) bond motifs is 1. The molecule has 0 aromatic carbocycles. The van der Waals surface area contributed by atoms with Gasteiger partial charge < -0.3 is 16.2 Å². The zero-order chi connectivity index (χ0) is 18.8. The molecule has 1 aromatic heterocycles. The maximum absolute atomic E-state index is 12.7. The number of thiazole rings is 1. The highest BCUT2D eigenvalue weighted by Gasteiger charge is 2.52. The van der Waals surface area contributed by atoms with Crippen LogP contribution in [-0.2, 0) is 14.4 Å². The topological polar surface area (TPSA) is 126 Å². The van der Waals surface area contributed by atoms with Gasteiger partial charge in [0.25, 0.3) is 11.8 Å². The molecule has 2 aliphatic heterocycles. The summed E-state index contributed by atoms with van der Waals surface area (Å²) in [7, 11) is 0. The van der Waals surface area contributed by atoms with E-state index in [0.717, 1.165) is 0 Å². The number of nitrogens with zero attached hydrogens (tertiary/aromatic N) is 2. The Bertz CT molecular complexity index is 820. The fourth-order valence-electron chi connectivity index (χ4n) is 2.65. The smallest absolute Gasteiger partial charge is 0.352 e. The van der Waals surface area contributed by atoms with Crippen molar-refractivity contribution in [2.45, 2.75) is 11.4 Å². The summed E-state index contributed by atoms with van der Waals surface area (Å²) in [6.45, 7) is 0. The summed E-state index contributed by atoms with van der Waals surface area (Å²) in [5, 5.41) is 13.5. The third kappa shape index (κ3) is 3.46. The molecule has 1 saturated heterocycles. The summed E-state index contributed by atoms with van der Waals surface area (Å²) in [5.74, 6) is -0.914. The van der Waals surface area contributed by atoms with Gasteiger partial charge in [-0.1, -0.05) is 6.08 Å². The second-order valence-corrected chi connectivity index (χ2v) is 8.37. The molecule has 2 atom stereocenters. The highest BCUT2D eigenvalue weighted by atomic mass is 32.2. The van der Waals surface area contributed by atoms with E-state index < -0.39 is 29.2 Å². The van der Waals surface area contributed by atoms with Crippen molar-refractivity contribution >= 4 is 63.3 Å². The number of aliphatic carboxylic acids is 1. The van der Waals surface area contributed by atoms with Gasteiger partial charge in [0.1, 0.15) is 17.1 Å². The second-order valence-electron chi connectivity index (χ2n) is 5.42. The van der Waals surface area contributed by atoms with Crippen LogP contribution in [0, 0.1) is 0 Å². The van der Waals surface area contributed by atoms with Crippen molar-refractivity contribution in [1.82, 2.24) is 15.2 Å². The number of aromatic nitrogens is 1. The van der Waals surface area contributed by atoms with Crippen LogP contribution in [0.2, 0.25) is 0 Å². The molecule has 2 aliphatic rings. The summed E-state index contributed by atoms with van der Waals surface area (Å²) in [4.78, 5) is 41.7. The molecule has 1 fully saturated rings. The summed E-state index contributed by atoms with van der Waals surface area (Å²) >= 11 is 4.19. The van der Waals surface area contributed by atoms with Crippen molar-refractivity contribution in [2.75, 3.05) is 23.5 Å². The highest BCUT2D eigenvalue weighted by Crippen LogP contribution is 2.37. The molecule has 1 aromatic rings. The van der Waals surface area contributed by atoms with Crippen molar-refractivity contribution in [2.24, 2.45) is 0 Å². The van der Waals surface area contributed by atoms with Gasteiger partial charge in [-0.25, -0.2) is 9.78 Å². The Hall–Kier alpha value is -1.98. The first-order valence-electron chi connectivity index (χ1n) is 7.53. The molecule has 138 valence electrons. The van der Waals surface area contributed by atoms with Crippen LogP contribution < -0.4 is 11.1 Å². The van der Waals surface area contributed by atoms with Gasteiger partial charge in [-0.15, -0.1) is 23.1 Å². The van der Waals surface area contributed by atoms with E-state index in [1.807, 2.05) is 6.26 Å². The maximum atomic E-state index is 12.7. The minimum absolute atomic E-state index is 0.0327. The number of β-lactam (4-membered cyclic amide) rings is 1. The van der Waals surface area contributed by atoms with E-state index in [1.165, 1.54) is 34.1 Å². The third-order valence-corrected chi connectivity index (χ3v) is 6.21. The summed E-state index contributed by atoms with van der Waals surface area (Å²) in [6, 6.07) is -0.760. The van der Waals surface area contributed by atoms with E-state index >= 15 is 0 Å². The minimum Gasteiger partial charge on any atom is -0.477 e. The number of rotatable bonds is 6. The van der Waals surface area contributed by atoms with E-state index in [1.54, 1.807) is 23.2 Å². The number of hydrogen-bond donors (Lipinski definition) is 3. The van der Waals surface area contributed by atoms with Crippen LogP contribution in [0.5, 0.6) is 0 Å². The zero-order valence-corrected chi connectivity index (χ0v) is 16.1. The van der Waals surface area contributed by atoms with Crippen LogP contribution in [0.25, 0.3) is 5.57 Å². The fourth-order valence-corrected chi connectivity index (χ4v) is 4.74. The SMILES string of the molecule is CSC/C=C(\C(=O)N[C@@H]1C(=O)N2C(C(=O)O)=CCS[C@H]12)c1csc(N)n1. The number of hydrogen-bond acceptors (Lipinski definition) is 8. The van der Waals surface area contributed by atoms with E-state index in [-0.39, 0.29) is 5.70 Å². The molecule has 11 heteroatoms. The standard InChI is InChI=1S/C15H16N4O4S3/c1-24-4-2-7(8-6-26-15(16)17-8)11(20)18-10-12(21)19-9(14(22)23)3-5-25-13(10)19/h2-3,6,10,13H,4-5H2,1H3,(H2,16,17)(H,18,20)(H,22,23)/b7-2-/t10-,13-/m1/s1. The van der Waals surface area contributed by atoms with Gasteiger partial charge in [0.15, 0.2) is 5.13 Å². The summed E-state index contributed by atoms with van der Waals surface area (Å²) in [5.41, 5.74) is 6.44. The second kappa shape index (κ2) is 7.72. The molecule has 4 N–H and O–H groups in total. The molecule has 0 bridgehead atoms. The molecule has 3 heterocycles. The van der Waals surface area contributed by atoms with E-state index in [0.29, 0.717) is 27.9 Å². The van der Waals surface area contributed by atoms with Gasteiger partial charge in [0, 0.05) is 16.9 Å². The van der Waals surface area contributed by atoms with Crippen molar-refractivity contribution < 1.29 is 19.5 Å². The van der Waals surface area contributed by atoms with E-state index in [4.69, 9.17) is 5.73 Å². The quantitative estimate of drug-likeness (QED) is 0.464. The number of carbonyl (C=O) groups excluding carboxylic acids is 2. The van der Waals surface area contributed by atoms with Gasteiger partial charge in [0.05, 0.1) is 11.3 Å². The first-order valence-corrected chi connectivity index (χ1v) is 10.9. The first-order chi connectivity index (χ1) is 12.4. The lowest BCUT2D eigenvalue weighted by Gasteiger charge is -2.48. The summed E-state index contributed by atoms with van der Waals surface area (Å²) in [6.07, 6.45) is 5.15. The Kier molecular flexibility index (Phi) is 5.58. The largest absolute Gasteiger partial charge is 0.477 e. The zero-order valence-electron chi connectivity index (χ0n) is 13.7. The Labute approximate surface area is 161 Å². The predicted molar refractivity (Wildman–Crippen MR) is 104 cm³/mol. The van der Waals surface area contributed by atoms with Gasteiger partial charge in [-0.3, -0.25) is 14.5 Å². The van der Waals surface area contributed by atoms with Gasteiger partial charge in [-0.05, 0) is 12.3 Å². The maximum Gasteiger partial charge on any atom is 0.352 e. The van der Waals surface area contributed by atoms with Crippen molar-refractivity contribution in [3.05, 3.63) is 28.9 Å². The Morgan fingerprint density at radius 3 is 2.96 bits per heavy atom. The molecule has 3 rings (SSSR count). The average Bonchev–Trinajstić information content (AvgIpc) is 3.05. The van der Waals surface area contributed by atoms with E-state index in [9.17, 15) is 19.5 Å². The number of amides is 2. The van der Waals surface area contributed by atoms with Crippen LogP contribution >= 0.6 is 34.9 Å². The lowest BCUT2D eigenvalue weighted by molar-refractivity contribution is -0.150. The first kappa shape index (κ1) is 18.8. The lowest BCUT2D eigenvalue weighted by atomic mass is 10.0. The Balaban J connectivity index is 1.76. The molecule has 0 aliphatic carbocycles. The van der Waals surface area contributed by atoms with Crippen LogP contribution in [0.3, 0.4) is 0 Å². The number of nitrogens with one attached hydrogen (secondary N) is 1. The van der Waals surface area contributed by atoms with Gasteiger partial charge in [-0.2, -0.15) is 11.8 Å². The fraction of sp³-hybridized carbons (Fsp3) is 0.333. The molecule has 0 spiro atoms. The molecule has 0 saturated carbocycles. The minimum atomic E-state index is -1.15. The van der Waals surface area contributed by atoms with Crippen LogP contribution in [0.4, 0.5) is 5.13 Å². The van der Waals surface area contributed by atoms with Crippen LogP contribution in [0.15, 0.2) is 23.2 Å². The number of carboxylic acid groups (broad SMARTS) is 1. The number of thioether (sulfide) groups is 2. The van der Waals surface area contributed by atoms with Crippen LogP contribution in [0.1, 0.15) is 5.69 Å². The third-order valence-electron chi connectivity index (χ3n) is 3.85. The molecular formula is C15H16N4O4S3. The van der Waals surface area contributed by atoms with Crippen molar-refractivity contribution in [1.29, 1.82) is 0 Å². The molecular weight excluding hydrogens is 396 g/mol. The molecule has 0 unspecified atom stereocenters. The number of nitrogen functional groups attached to an aromatic ring is 1.